The number of benzene rings is 1. The van der Waals surface area contributed by atoms with E-state index in [4.69, 9.17) is 5.11 Å². The van der Waals surface area contributed by atoms with Gasteiger partial charge in [-0.05, 0) is 36.6 Å². The normalized spacial score (nSPS) is 17.2. The zero-order chi connectivity index (χ0) is 15.4. The maximum absolute atomic E-state index is 11.8. The molecule has 5 heteroatoms. The Kier molecular flexibility index (Phi) is 4.63. The van der Waals surface area contributed by atoms with E-state index in [1.165, 1.54) is 24.4 Å². The number of aliphatic hydroxyl groups is 1. The molecular weight excluding hydrogens is 278 g/mol. The summed E-state index contributed by atoms with van der Waals surface area (Å²) in [7, 11) is 0. The maximum Gasteiger partial charge on any atom is 0.251 e. The third kappa shape index (κ3) is 3.25. The number of carbonyl (C=O) groups is 1. The van der Waals surface area contributed by atoms with Crippen molar-refractivity contribution in [3.63, 3.8) is 0 Å². The third-order valence-electron chi connectivity index (χ3n) is 4.22. The van der Waals surface area contributed by atoms with E-state index in [1.807, 2.05) is 24.3 Å². The van der Waals surface area contributed by atoms with Crippen molar-refractivity contribution in [3.05, 3.63) is 47.3 Å². The van der Waals surface area contributed by atoms with Crippen molar-refractivity contribution in [1.82, 2.24) is 15.1 Å². The number of hydrogen-bond donors (Lipinski definition) is 2. The van der Waals surface area contributed by atoms with E-state index in [9.17, 15) is 4.79 Å². The molecule has 2 aliphatic rings. The largest absolute Gasteiger partial charge is 0.395 e. The zero-order valence-corrected chi connectivity index (χ0v) is 12.8. The average Bonchev–Trinajstić information content (AvgIpc) is 3.03. The monoisotopic (exact) mass is 301 g/mol. The summed E-state index contributed by atoms with van der Waals surface area (Å²) in [5, 5.41) is 11.4. The molecule has 0 radical (unpaired) electrons. The minimum atomic E-state index is -0.136. The van der Waals surface area contributed by atoms with Crippen molar-refractivity contribution in [2.45, 2.75) is 19.4 Å². The number of aliphatic hydroxyl groups excluding tert-OH is 1. The summed E-state index contributed by atoms with van der Waals surface area (Å²) in [5.41, 5.74) is 1.85. The Morgan fingerprint density at radius 3 is 2.77 bits per heavy atom. The predicted molar refractivity (Wildman–Crippen MR) is 85.2 cm³/mol. The fraction of sp³-hybridized carbons (Fsp3) is 0.471. The van der Waals surface area contributed by atoms with Gasteiger partial charge in [-0.3, -0.25) is 4.79 Å². The van der Waals surface area contributed by atoms with Gasteiger partial charge < -0.3 is 20.2 Å². The smallest absolute Gasteiger partial charge is 0.251 e. The van der Waals surface area contributed by atoms with Gasteiger partial charge in [-0.25, -0.2) is 0 Å². The number of nitrogens with zero attached hydrogens (tertiary/aromatic N) is 2. The Balaban J connectivity index is 1.62. The lowest BCUT2D eigenvalue weighted by Crippen LogP contribution is -2.40. The molecule has 1 aromatic carbocycles. The SMILES string of the molecule is O=C(NCCO)c1ccc(CN2CCCN3CCC=C32)cc1. The first-order valence-electron chi connectivity index (χ1n) is 7.96. The van der Waals surface area contributed by atoms with E-state index >= 15 is 0 Å². The first-order valence-corrected chi connectivity index (χ1v) is 7.96. The van der Waals surface area contributed by atoms with Gasteiger partial charge in [-0.1, -0.05) is 12.1 Å². The Bertz CT molecular complexity index is 554. The quantitative estimate of drug-likeness (QED) is 0.857. The van der Waals surface area contributed by atoms with Gasteiger partial charge in [0.05, 0.1) is 6.61 Å². The van der Waals surface area contributed by atoms with Gasteiger partial charge >= 0.3 is 0 Å². The van der Waals surface area contributed by atoms with Crippen molar-refractivity contribution in [1.29, 1.82) is 0 Å². The highest BCUT2D eigenvalue weighted by Crippen LogP contribution is 2.25. The maximum atomic E-state index is 11.8. The fourth-order valence-corrected chi connectivity index (χ4v) is 3.13. The van der Waals surface area contributed by atoms with Crippen molar-refractivity contribution < 1.29 is 9.90 Å². The van der Waals surface area contributed by atoms with Gasteiger partial charge in [-0.2, -0.15) is 0 Å². The molecule has 1 saturated heterocycles. The Morgan fingerprint density at radius 2 is 2.00 bits per heavy atom. The summed E-state index contributed by atoms with van der Waals surface area (Å²) in [6.45, 7) is 4.56. The Hall–Kier alpha value is -2.01. The van der Waals surface area contributed by atoms with Crippen LogP contribution < -0.4 is 5.32 Å². The molecule has 1 aromatic rings. The summed E-state index contributed by atoms with van der Waals surface area (Å²) in [5.74, 6) is 1.24. The van der Waals surface area contributed by atoms with Gasteiger partial charge in [0.1, 0.15) is 5.82 Å². The molecule has 0 saturated carbocycles. The number of amides is 1. The van der Waals surface area contributed by atoms with E-state index < -0.39 is 0 Å². The van der Waals surface area contributed by atoms with Crippen LogP contribution in [0.2, 0.25) is 0 Å². The van der Waals surface area contributed by atoms with Gasteiger partial charge in [0.2, 0.25) is 0 Å². The molecule has 3 rings (SSSR count). The van der Waals surface area contributed by atoms with Crippen LogP contribution in [0.25, 0.3) is 0 Å². The molecular formula is C17H23N3O2. The van der Waals surface area contributed by atoms with Crippen LogP contribution in [-0.2, 0) is 6.54 Å². The topological polar surface area (TPSA) is 55.8 Å². The predicted octanol–water partition coefficient (Wildman–Crippen LogP) is 1.16. The lowest BCUT2D eigenvalue weighted by molar-refractivity contribution is 0.0944. The van der Waals surface area contributed by atoms with Crippen molar-refractivity contribution in [2.24, 2.45) is 0 Å². The molecule has 0 bridgehead atoms. The van der Waals surface area contributed by atoms with Crippen molar-refractivity contribution >= 4 is 5.91 Å². The molecule has 1 amide bonds. The van der Waals surface area contributed by atoms with Gasteiger partial charge in [0.25, 0.3) is 5.91 Å². The molecule has 1 fully saturated rings. The third-order valence-corrected chi connectivity index (χ3v) is 4.22. The number of rotatable bonds is 5. The van der Waals surface area contributed by atoms with Crippen LogP contribution >= 0.6 is 0 Å². The number of nitrogens with one attached hydrogen (secondary N) is 1. The summed E-state index contributed by atoms with van der Waals surface area (Å²) >= 11 is 0. The van der Waals surface area contributed by atoms with Crippen LogP contribution in [0.15, 0.2) is 36.2 Å². The number of hydrogen-bond acceptors (Lipinski definition) is 4. The average molecular weight is 301 g/mol. The lowest BCUT2D eigenvalue weighted by Gasteiger charge is -2.38. The van der Waals surface area contributed by atoms with Crippen LogP contribution in [-0.4, -0.2) is 53.6 Å². The fourth-order valence-electron chi connectivity index (χ4n) is 3.13. The second kappa shape index (κ2) is 6.83. The summed E-state index contributed by atoms with van der Waals surface area (Å²) in [6, 6.07) is 7.74. The van der Waals surface area contributed by atoms with Gasteiger partial charge in [0.15, 0.2) is 0 Å². The van der Waals surface area contributed by atoms with E-state index in [-0.39, 0.29) is 12.5 Å². The Labute approximate surface area is 131 Å². The van der Waals surface area contributed by atoms with Gasteiger partial charge in [-0.15, -0.1) is 0 Å². The Morgan fingerprint density at radius 1 is 1.18 bits per heavy atom. The summed E-state index contributed by atoms with van der Waals surface area (Å²) < 4.78 is 0. The lowest BCUT2D eigenvalue weighted by atomic mass is 10.1. The summed E-state index contributed by atoms with van der Waals surface area (Å²) in [4.78, 5) is 16.7. The molecule has 0 unspecified atom stereocenters. The second-order valence-electron chi connectivity index (χ2n) is 5.79. The molecule has 2 N–H and O–H groups in total. The molecule has 0 aromatic heterocycles. The van der Waals surface area contributed by atoms with E-state index in [2.05, 4.69) is 21.2 Å². The minimum absolute atomic E-state index is 0.0373. The molecule has 2 heterocycles. The second-order valence-corrected chi connectivity index (χ2v) is 5.79. The molecule has 0 aliphatic carbocycles. The highest BCUT2D eigenvalue weighted by Gasteiger charge is 2.24. The van der Waals surface area contributed by atoms with Gasteiger partial charge in [0, 0.05) is 38.3 Å². The van der Waals surface area contributed by atoms with Crippen LogP contribution in [0.3, 0.4) is 0 Å². The van der Waals surface area contributed by atoms with E-state index in [0.29, 0.717) is 12.1 Å². The first-order chi connectivity index (χ1) is 10.8. The van der Waals surface area contributed by atoms with Crippen molar-refractivity contribution in [3.8, 4) is 0 Å². The number of carbonyl (C=O) groups excluding carboxylic acids is 1. The highest BCUT2D eigenvalue weighted by atomic mass is 16.3. The molecule has 5 nitrogen and oxygen atoms in total. The molecule has 2 aliphatic heterocycles. The molecule has 0 atom stereocenters. The summed E-state index contributed by atoms with van der Waals surface area (Å²) in [6.07, 6.45) is 4.69. The van der Waals surface area contributed by atoms with E-state index in [1.54, 1.807) is 0 Å². The van der Waals surface area contributed by atoms with E-state index in [0.717, 1.165) is 26.1 Å². The van der Waals surface area contributed by atoms with Crippen LogP contribution in [0.1, 0.15) is 28.8 Å². The molecule has 118 valence electrons. The first kappa shape index (κ1) is 14.9. The highest BCUT2D eigenvalue weighted by molar-refractivity contribution is 5.94. The molecule has 0 spiro atoms. The van der Waals surface area contributed by atoms with Crippen molar-refractivity contribution in [2.75, 3.05) is 32.8 Å². The van der Waals surface area contributed by atoms with Crippen LogP contribution in [0.4, 0.5) is 0 Å². The van der Waals surface area contributed by atoms with Crippen LogP contribution in [0, 0.1) is 0 Å². The minimum Gasteiger partial charge on any atom is -0.395 e. The van der Waals surface area contributed by atoms with Crippen LogP contribution in [0.5, 0.6) is 0 Å². The molecule has 22 heavy (non-hydrogen) atoms. The number of fused-ring (bicyclic) bond motifs is 1. The standard InChI is InChI=1S/C17H23N3O2/c21-12-8-18-17(22)15-6-4-14(5-7-15)13-20-11-2-10-19-9-1-3-16(19)20/h3-7,21H,1-2,8-13H2,(H,18,22). The zero-order valence-electron chi connectivity index (χ0n) is 12.8.